The van der Waals surface area contributed by atoms with Gasteiger partial charge in [0.05, 0.1) is 12.7 Å². The quantitative estimate of drug-likeness (QED) is 0.735. The van der Waals surface area contributed by atoms with Crippen molar-refractivity contribution < 1.29 is 18.7 Å². The number of primary amides is 1. The van der Waals surface area contributed by atoms with Gasteiger partial charge in [-0.15, -0.1) is 12.4 Å². The standard InChI is InChI=1S/C18H19FN4O3.ClH/c1-10-6-11(7-15(22-10)17(20)24)18(25)23-12-2-3-13(14(19)8-12)16-9-21-4-5-26-16;/h2-3,6-8,16,21H,4-5,9H2,1H3,(H2,20,24)(H,23,25);1H. The van der Waals surface area contributed by atoms with Crippen molar-refractivity contribution in [3.63, 3.8) is 0 Å². The van der Waals surface area contributed by atoms with Crippen LogP contribution in [0.25, 0.3) is 0 Å². The van der Waals surface area contributed by atoms with E-state index in [1.54, 1.807) is 19.1 Å². The molecule has 0 bridgehead atoms. The number of hydrogen-bond donors (Lipinski definition) is 3. The van der Waals surface area contributed by atoms with E-state index in [-0.39, 0.29) is 29.8 Å². The molecule has 1 unspecified atom stereocenters. The average Bonchev–Trinajstić information content (AvgIpc) is 2.62. The molecule has 1 aliphatic rings. The van der Waals surface area contributed by atoms with Crippen molar-refractivity contribution in [2.24, 2.45) is 5.73 Å². The number of rotatable bonds is 4. The minimum absolute atomic E-state index is 0. The summed E-state index contributed by atoms with van der Waals surface area (Å²) in [5.41, 5.74) is 6.65. The Morgan fingerprint density at radius 3 is 2.74 bits per heavy atom. The Labute approximate surface area is 161 Å². The fourth-order valence-electron chi connectivity index (χ4n) is 2.76. The molecular formula is C18H20ClFN4O3. The van der Waals surface area contributed by atoms with E-state index in [4.69, 9.17) is 10.5 Å². The molecule has 0 spiro atoms. The Morgan fingerprint density at radius 1 is 1.33 bits per heavy atom. The highest BCUT2D eigenvalue weighted by molar-refractivity contribution is 6.05. The Bertz CT molecular complexity index is 856. The van der Waals surface area contributed by atoms with Crippen molar-refractivity contribution in [2.75, 3.05) is 25.0 Å². The lowest BCUT2D eigenvalue weighted by Gasteiger charge is -2.24. The molecule has 144 valence electrons. The maximum Gasteiger partial charge on any atom is 0.267 e. The molecule has 1 aromatic carbocycles. The fourth-order valence-corrected chi connectivity index (χ4v) is 2.76. The molecule has 4 N–H and O–H groups in total. The van der Waals surface area contributed by atoms with Crippen LogP contribution in [0.5, 0.6) is 0 Å². The molecule has 3 rings (SSSR count). The number of amides is 2. The molecule has 1 atom stereocenters. The van der Waals surface area contributed by atoms with Gasteiger partial charge < -0.3 is 21.1 Å². The molecular weight excluding hydrogens is 375 g/mol. The number of pyridine rings is 1. The van der Waals surface area contributed by atoms with E-state index in [1.165, 1.54) is 18.2 Å². The van der Waals surface area contributed by atoms with Gasteiger partial charge in [-0.05, 0) is 31.2 Å². The zero-order valence-electron chi connectivity index (χ0n) is 14.6. The summed E-state index contributed by atoms with van der Waals surface area (Å²) in [6.45, 7) is 3.45. The number of nitrogens with zero attached hydrogens (tertiary/aromatic N) is 1. The lowest BCUT2D eigenvalue weighted by atomic mass is 10.1. The monoisotopic (exact) mass is 394 g/mol. The zero-order valence-corrected chi connectivity index (χ0v) is 15.4. The van der Waals surface area contributed by atoms with E-state index in [0.717, 1.165) is 6.54 Å². The third-order valence-corrected chi connectivity index (χ3v) is 4.00. The Hall–Kier alpha value is -2.55. The summed E-state index contributed by atoms with van der Waals surface area (Å²) < 4.78 is 19.9. The zero-order chi connectivity index (χ0) is 18.7. The molecule has 1 aliphatic heterocycles. The number of aryl methyl sites for hydroxylation is 1. The Balaban J connectivity index is 0.00000261. The Kier molecular flexibility index (Phi) is 6.84. The first kappa shape index (κ1) is 20.8. The number of halogens is 2. The summed E-state index contributed by atoms with van der Waals surface area (Å²) >= 11 is 0. The number of carbonyl (C=O) groups is 2. The van der Waals surface area contributed by atoms with E-state index < -0.39 is 17.6 Å². The number of aromatic nitrogens is 1. The van der Waals surface area contributed by atoms with Gasteiger partial charge in [0.25, 0.3) is 11.8 Å². The van der Waals surface area contributed by atoms with Gasteiger partial charge in [-0.2, -0.15) is 0 Å². The summed E-state index contributed by atoms with van der Waals surface area (Å²) in [4.78, 5) is 27.6. The summed E-state index contributed by atoms with van der Waals surface area (Å²) in [5.74, 6) is -1.67. The van der Waals surface area contributed by atoms with Crippen molar-refractivity contribution in [3.05, 3.63) is 58.7 Å². The first-order valence-electron chi connectivity index (χ1n) is 8.15. The van der Waals surface area contributed by atoms with Crippen molar-refractivity contribution >= 4 is 29.9 Å². The van der Waals surface area contributed by atoms with Crippen LogP contribution in [0.15, 0.2) is 30.3 Å². The minimum atomic E-state index is -0.723. The number of carbonyl (C=O) groups excluding carboxylic acids is 2. The number of ether oxygens (including phenoxy) is 1. The maximum absolute atomic E-state index is 14.4. The normalized spacial score (nSPS) is 16.3. The highest BCUT2D eigenvalue weighted by atomic mass is 35.5. The fraction of sp³-hybridized carbons (Fsp3) is 0.278. The van der Waals surface area contributed by atoms with Crippen LogP contribution in [0.2, 0.25) is 0 Å². The molecule has 27 heavy (non-hydrogen) atoms. The molecule has 2 heterocycles. The summed E-state index contributed by atoms with van der Waals surface area (Å²) in [5, 5.41) is 5.75. The predicted molar refractivity (Wildman–Crippen MR) is 101 cm³/mol. The molecule has 9 heteroatoms. The van der Waals surface area contributed by atoms with Gasteiger partial charge in [0.2, 0.25) is 0 Å². The van der Waals surface area contributed by atoms with Crippen LogP contribution in [0.1, 0.15) is 38.2 Å². The molecule has 1 fully saturated rings. The van der Waals surface area contributed by atoms with Gasteiger partial charge in [-0.1, -0.05) is 6.07 Å². The van der Waals surface area contributed by atoms with Crippen LogP contribution in [0.4, 0.5) is 10.1 Å². The summed E-state index contributed by atoms with van der Waals surface area (Å²) in [6.07, 6.45) is -0.352. The van der Waals surface area contributed by atoms with E-state index in [0.29, 0.717) is 30.1 Å². The molecule has 1 aromatic heterocycles. The van der Waals surface area contributed by atoms with E-state index >= 15 is 0 Å². The highest BCUT2D eigenvalue weighted by Crippen LogP contribution is 2.24. The Morgan fingerprint density at radius 2 is 2.11 bits per heavy atom. The van der Waals surface area contributed by atoms with Crippen LogP contribution < -0.4 is 16.4 Å². The van der Waals surface area contributed by atoms with Crippen LogP contribution in [-0.2, 0) is 4.74 Å². The second kappa shape index (κ2) is 8.90. The number of morpholine rings is 1. The van der Waals surface area contributed by atoms with Crippen molar-refractivity contribution in [1.82, 2.24) is 10.3 Å². The van der Waals surface area contributed by atoms with Gasteiger partial charge in [-0.3, -0.25) is 9.59 Å². The topological polar surface area (TPSA) is 106 Å². The molecule has 0 aliphatic carbocycles. The van der Waals surface area contributed by atoms with Gasteiger partial charge in [0.1, 0.15) is 11.5 Å². The second-order valence-electron chi connectivity index (χ2n) is 6.00. The molecule has 0 radical (unpaired) electrons. The summed E-state index contributed by atoms with van der Waals surface area (Å²) in [7, 11) is 0. The van der Waals surface area contributed by atoms with Crippen LogP contribution >= 0.6 is 12.4 Å². The number of hydrogen-bond acceptors (Lipinski definition) is 5. The third-order valence-electron chi connectivity index (χ3n) is 4.00. The van der Waals surface area contributed by atoms with E-state index in [9.17, 15) is 14.0 Å². The van der Waals surface area contributed by atoms with Crippen molar-refractivity contribution in [3.8, 4) is 0 Å². The lowest BCUT2D eigenvalue weighted by molar-refractivity contribution is 0.0255. The van der Waals surface area contributed by atoms with Crippen LogP contribution in [0, 0.1) is 12.7 Å². The first-order valence-corrected chi connectivity index (χ1v) is 8.15. The van der Waals surface area contributed by atoms with Crippen molar-refractivity contribution in [1.29, 1.82) is 0 Å². The predicted octanol–water partition coefficient (Wildman–Crippen LogP) is 1.96. The van der Waals surface area contributed by atoms with Gasteiger partial charge in [0, 0.05) is 35.6 Å². The number of anilines is 1. The molecule has 2 amide bonds. The SMILES string of the molecule is Cc1cc(C(=O)Nc2ccc(C3CNCCO3)c(F)c2)cc(C(N)=O)n1.Cl. The summed E-state index contributed by atoms with van der Waals surface area (Å²) in [6, 6.07) is 7.27. The number of nitrogens with one attached hydrogen (secondary N) is 2. The average molecular weight is 395 g/mol. The third kappa shape index (κ3) is 5.00. The molecule has 2 aromatic rings. The largest absolute Gasteiger partial charge is 0.371 e. The lowest BCUT2D eigenvalue weighted by Crippen LogP contribution is -2.33. The minimum Gasteiger partial charge on any atom is -0.371 e. The number of benzene rings is 1. The van der Waals surface area contributed by atoms with E-state index in [2.05, 4.69) is 15.6 Å². The van der Waals surface area contributed by atoms with Crippen LogP contribution in [0.3, 0.4) is 0 Å². The molecule has 7 nitrogen and oxygen atoms in total. The van der Waals surface area contributed by atoms with Gasteiger partial charge in [-0.25, -0.2) is 9.37 Å². The highest BCUT2D eigenvalue weighted by Gasteiger charge is 2.20. The number of nitrogens with two attached hydrogens (primary N) is 1. The van der Waals surface area contributed by atoms with Gasteiger partial charge in [0.15, 0.2) is 0 Å². The smallest absolute Gasteiger partial charge is 0.267 e. The molecule has 1 saturated heterocycles. The van der Waals surface area contributed by atoms with Gasteiger partial charge >= 0.3 is 0 Å². The van der Waals surface area contributed by atoms with Crippen LogP contribution in [-0.4, -0.2) is 36.5 Å². The molecule has 0 saturated carbocycles. The second-order valence-corrected chi connectivity index (χ2v) is 6.00. The van der Waals surface area contributed by atoms with E-state index in [1.807, 2.05) is 0 Å². The first-order chi connectivity index (χ1) is 12.4. The maximum atomic E-state index is 14.4. The van der Waals surface area contributed by atoms with Crippen molar-refractivity contribution in [2.45, 2.75) is 13.0 Å².